The van der Waals surface area contributed by atoms with Gasteiger partial charge in [-0.3, -0.25) is 0 Å². The Kier molecular flexibility index (Phi) is 3.55. The molecule has 20 heavy (non-hydrogen) atoms. The Morgan fingerprint density at radius 2 is 1.95 bits per heavy atom. The van der Waals surface area contributed by atoms with Gasteiger partial charge in [-0.2, -0.15) is 5.10 Å². The van der Waals surface area contributed by atoms with E-state index >= 15 is 0 Å². The van der Waals surface area contributed by atoms with Gasteiger partial charge in [-0.1, -0.05) is 41.4 Å². The fourth-order valence-corrected chi connectivity index (χ4v) is 2.73. The second kappa shape index (κ2) is 5.35. The highest BCUT2D eigenvalue weighted by Crippen LogP contribution is 2.32. The van der Waals surface area contributed by atoms with Crippen molar-refractivity contribution in [3.8, 4) is 5.75 Å². The fraction of sp³-hybridized carbons (Fsp3) is 0.133. The minimum absolute atomic E-state index is 0.0112. The maximum absolute atomic E-state index is 9.91. The molecule has 1 atom stereocenters. The van der Waals surface area contributed by atoms with Crippen molar-refractivity contribution in [3.63, 3.8) is 0 Å². The molecule has 102 valence electrons. The van der Waals surface area contributed by atoms with Crippen molar-refractivity contribution in [1.29, 1.82) is 0 Å². The van der Waals surface area contributed by atoms with Crippen LogP contribution in [0.2, 0.25) is 10.0 Å². The van der Waals surface area contributed by atoms with Crippen molar-refractivity contribution in [2.24, 2.45) is 5.10 Å². The monoisotopic (exact) mass is 306 g/mol. The molecular weight excluding hydrogens is 295 g/mol. The third-order valence-corrected chi connectivity index (χ3v) is 3.88. The molecule has 1 heterocycles. The number of hydrogen-bond donors (Lipinski definition) is 2. The van der Waals surface area contributed by atoms with E-state index < -0.39 is 0 Å². The zero-order valence-corrected chi connectivity index (χ0v) is 12.0. The topological polar surface area (TPSA) is 44.6 Å². The first-order valence-corrected chi connectivity index (χ1v) is 6.96. The van der Waals surface area contributed by atoms with Gasteiger partial charge in [0.15, 0.2) is 0 Å². The molecule has 0 aliphatic carbocycles. The summed E-state index contributed by atoms with van der Waals surface area (Å²) in [4.78, 5) is 0. The summed E-state index contributed by atoms with van der Waals surface area (Å²) in [6, 6.07) is 12.6. The zero-order chi connectivity index (χ0) is 14.1. The van der Waals surface area contributed by atoms with Crippen LogP contribution >= 0.6 is 23.2 Å². The van der Waals surface area contributed by atoms with E-state index in [2.05, 4.69) is 10.5 Å². The minimum Gasteiger partial charge on any atom is -0.507 e. The van der Waals surface area contributed by atoms with Gasteiger partial charge in [0.05, 0.1) is 11.8 Å². The summed E-state index contributed by atoms with van der Waals surface area (Å²) in [6.45, 7) is 0. The molecule has 3 nitrogen and oxygen atoms in total. The van der Waals surface area contributed by atoms with E-state index in [0.717, 1.165) is 11.3 Å². The minimum atomic E-state index is 0.0112. The predicted molar refractivity (Wildman–Crippen MR) is 81.6 cm³/mol. The molecule has 0 saturated carbocycles. The lowest BCUT2D eigenvalue weighted by atomic mass is 9.98. The highest BCUT2D eigenvalue weighted by molar-refractivity contribution is 6.31. The van der Waals surface area contributed by atoms with Gasteiger partial charge in [-0.15, -0.1) is 0 Å². The van der Waals surface area contributed by atoms with Gasteiger partial charge in [0, 0.05) is 22.0 Å². The summed E-state index contributed by atoms with van der Waals surface area (Å²) in [6.07, 6.45) is 0.650. The number of phenols is 1. The summed E-state index contributed by atoms with van der Waals surface area (Å²) < 4.78 is 0. The summed E-state index contributed by atoms with van der Waals surface area (Å²) in [5, 5.41) is 15.5. The molecular formula is C15H12Cl2N2O. The molecule has 3 rings (SSSR count). The van der Waals surface area contributed by atoms with Crippen LogP contribution in [0.1, 0.15) is 23.6 Å². The van der Waals surface area contributed by atoms with E-state index in [1.807, 2.05) is 24.3 Å². The fourth-order valence-electron chi connectivity index (χ4n) is 2.29. The van der Waals surface area contributed by atoms with E-state index in [9.17, 15) is 5.11 Å². The van der Waals surface area contributed by atoms with Crippen molar-refractivity contribution in [2.45, 2.75) is 12.5 Å². The Hall–Kier alpha value is -1.71. The quantitative estimate of drug-likeness (QED) is 0.876. The maximum Gasteiger partial charge on any atom is 0.124 e. The van der Waals surface area contributed by atoms with Crippen LogP contribution in [-0.4, -0.2) is 10.8 Å². The summed E-state index contributed by atoms with van der Waals surface area (Å²) in [5.74, 6) is 0.176. The number of halogens is 2. The van der Waals surface area contributed by atoms with Crippen molar-refractivity contribution in [1.82, 2.24) is 5.43 Å². The smallest absolute Gasteiger partial charge is 0.124 e. The lowest BCUT2D eigenvalue weighted by Gasteiger charge is -2.12. The second-order valence-electron chi connectivity index (χ2n) is 4.63. The average Bonchev–Trinajstić information content (AvgIpc) is 2.91. The summed E-state index contributed by atoms with van der Waals surface area (Å²) in [7, 11) is 0. The van der Waals surface area contributed by atoms with Gasteiger partial charge in [-0.25, -0.2) is 0 Å². The molecule has 0 aromatic heterocycles. The Morgan fingerprint density at radius 1 is 1.15 bits per heavy atom. The first kappa shape index (κ1) is 13.3. The molecule has 0 saturated heterocycles. The highest BCUT2D eigenvalue weighted by atomic mass is 35.5. The Labute approximate surface area is 126 Å². The molecule has 0 amide bonds. The molecule has 2 N–H and O–H groups in total. The van der Waals surface area contributed by atoms with Crippen LogP contribution in [0, 0.1) is 0 Å². The molecule has 1 aliphatic heterocycles. The van der Waals surface area contributed by atoms with Crippen molar-refractivity contribution in [3.05, 3.63) is 63.6 Å². The first-order valence-electron chi connectivity index (χ1n) is 6.20. The van der Waals surface area contributed by atoms with Crippen LogP contribution in [0.5, 0.6) is 5.75 Å². The summed E-state index contributed by atoms with van der Waals surface area (Å²) in [5.41, 5.74) is 5.48. The maximum atomic E-state index is 9.91. The number of benzene rings is 2. The van der Waals surface area contributed by atoms with Crippen molar-refractivity contribution >= 4 is 28.9 Å². The van der Waals surface area contributed by atoms with Gasteiger partial charge in [0.2, 0.25) is 0 Å². The molecule has 0 spiro atoms. The van der Waals surface area contributed by atoms with Crippen LogP contribution in [-0.2, 0) is 0 Å². The Bertz CT molecular complexity index is 685. The molecule has 2 aromatic rings. The normalized spacial score (nSPS) is 17.7. The van der Waals surface area contributed by atoms with Crippen LogP contribution in [0.15, 0.2) is 47.6 Å². The number of nitrogens with one attached hydrogen (secondary N) is 1. The number of rotatable bonds is 2. The largest absolute Gasteiger partial charge is 0.507 e. The molecule has 2 aromatic carbocycles. The molecule has 1 aliphatic rings. The van der Waals surface area contributed by atoms with E-state index in [4.69, 9.17) is 23.2 Å². The number of phenolic OH excluding ortho intramolecular Hbond substituents is 1. The van der Waals surface area contributed by atoms with Crippen LogP contribution in [0.4, 0.5) is 0 Å². The van der Waals surface area contributed by atoms with Gasteiger partial charge < -0.3 is 10.5 Å². The van der Waals surface area contributed by atoms with Gasteiger partial charge in [-0.05, 0) is 29.8 Å². The van der Waals surface area contributed by atoms with E-state index in [1.165, 1.54) is 0 Å². The number of nitrogens with zero attached hydrogens (tertiary/aromatic N) is 1. The molecule has 0 unspecified atom stereocenters. The van der Waals surface area contributed by atoms with Crippen molar-refractivity contribution in [2.75, 3.05) is 0 Å². The zero-order valence-electron chi connectivity index (χ0n) is 10.5. The lowest BCUT2D eigenvalue weighted by molar-refractivity contribution is 0.474. The van der Waals surface area contributed by atoms with Gasteiger partial charge in [0.25, 0.3) is 0 Å². The third-order valence-electron chi connectivity index (χ3n) is 3.30. The standard InChI is InChI=1S/C15H12Cl2N2O/c16-9-5-6-15(20)11(7-9)14-8-13(18-19-14)10-3-1-2-4-12(10)17/h1-7,13,18,20H,8H2/t13-/m1/s1. The van der Waals surface area contributed by atoms with E-state index in [-0.39, 0.29) is 11.8 Å². The van der Waals surface area contributed by atoms with Crippen molar-refractivity contribution < 1.29 is 5.11 Å². The predicted octanol–water partition coefficient (Wildman–Crippen LogP) is 4.14. The van der Waals surface area contributed by atoms with Crippen LogP contribution in [0.25, 0.3) is 0 Å². The number of hydrazone groups is 1. The lowest BCUT2D eigenvalue weighted by Crippen LogP contribution is -2.10. The Balaban J connectivity index is 1.86. The molecule has 0 fully saturated rings. The molecule has 0 bridgehead atoms. The van der Waals surface area contributed by atoms with E-state index in [1.54, 1.807) is 18.2 Å². The third kappa shape index (κ3) is 2.47. The summed E-state index contributed by atoms with van der Waals surface area (Å²) >= 11 is 12.2. The first-order chi connectivity index (χ1) is 9.65. The Morgan fingerprint density at radius 3 is 2.75 bits per heavy atom. The van der Waals surface area contributed by atoms with Gasteiger partial charge >= 0.3 is 0 Å². The second-order valence-corrected chi connectivity index (χ2v) is 5.47. The van der Waals surface area contributed by atoms with Crippen LogP contribution < -0.4 is 5.43 Å². The number of hydrogen-bond acceptors (Lipinski definition) is 3. The SMILES string of the molecule is Oc1ccc(Cl)cc1C1=NN[C@@H](c2ccccc2Cl)C1. The highest BCUT2D eigenvalue weighted by Gasteiger charge is 2.24. The average molecular weight is 307 g/mol. The molecule has 5 heteroatoms. The number of aromatic hydroxyl groups is 1. The van der Waals surface area contributed by atoms with Crippen LogP contribution in [0.3, 0.4) is 0 Å². The molecule has 0 radical (unpaired) electrons. The van der Waals surface area contributed by atoms with Gasteiger partial charge in [0.1, 0.15) is 5.75 Å². The van der Waals surface area contributed by atoms with E-state index in [0.29, 0.717) is 22.0 Å².